The van der Waals surface area contributed by atoms with E-state index in [0.29, 0.717) is 16.8 Å². The van der Waals surface area contributed by atoms with Crippen LogP contribution in [-0.2, 0) is 10.0 Å². The van der Waals surface area contributed by atoms with Crippen molar-refractivity contribution in [3.63, 3.8) is 0 Å². The van der Waals surface area contributed by atoms with E-state index in [1.807, 2.05) is 47.5 Å². The number of fused-ring (bicyclic) bond motifs is 1. The zero-order valence-corrected chi connectivity index (χ0v) is 26.9. The van der Waals surface area contributed by atoms with E-state index in [2.05, 4.69) is 24.9 Å². The van der Waals surface area contributed by atoms with Crippen LogP contribution in [0.2, 0.25) is 0 Å². The Bertz CT molecular complexity index is 1870. The van der Waals surface area contributed by atoms with Gasteiger partial charge in [-0.1, -0.05) is 11.3 Å². The molecule has 0 atom stereocenters. The second-order valence-electron chi connectivity index (χ2n) is 13.7. The lowest BCUT2D eigenvalue weighted by Crippen LogP contribution is -2.40. The Kier molecular flexibility index (Phi) is 7.46. The molecule has 0 bridgehead atoms. The van der Waals surface area contributed by atoms with Crippen molar-refractivity contribution in [2.75, 3.05) is 47.3 Å². The highest BCUT2D eigenvalue weighted by molar-refractivity contribution is 7.94. The summed E-state index contributed by atoms with van der Waals surface area (Å²) in [5, 5.41) is 19.6. The number of rotatable bonds is 8. The molecular formula is C33H39F2N7O3S. The van der Waals surface area contributed by atoms with Gasteiger partial charge in [0.05, 0.1) is 41.1 Å². The number of alkyl halides is 2. The summed E-state index contributed by atoms with van der Waals surface area (Å²) in [5.41, 5.74) is 5.42. The molecule has 2 saturated heterocycles. The second-order valence-corrected chi connectivity index (χ2v) is 16.0. The molecule has 3 aliphatic rings. The normalized spacial score (nSPS) is 19.5. The molecule has 2 aromatic heterocycles. The zero-order valence-electron chi connectivity index (χ0n) is 26.1. The van der Waals surface area contributed by atoms with Crippen molar-refractivity contribution in [1.82, 2.24) is 20.0 Å². The molecular weight excluding hydrogens is 612 g/mol. The summed E-state index contributed by atoms with van der Waals surface area (Å²) in [4.78, 5) is 8.82. The molecule has 10 nitrogen and oxygen atoms in total. The number of hydrogen-bond acceptors (Lipinski definition) is 8. The Morgan fingerprint density at radius 3 is 2.30 bits per heavy atom. The Morgan fingerprint density at radius 1 is 0.913 bits per heavy atom. The number of pyridine rings is 1. The fourth-order valence-electron chi connectivity index (χ4n) is 6.46. The van der Waals surface area contributed by atoms with Crippen LogP contribution in [0.4, 0.5) is 25.8 Å². The molecule has 1 spiro atoms. The van der Waals surface area contributed by atoms with Crippen molar-refractivity contribution in [2.45, 2.75) is 63.0 Å². The van der Waals surface area contributed by atoms with E-state index in [-0.39, 0.29) is 25.9 Å². The number of benzene rings is 2. The van der Waals surface area contributed by atoms with E-state index in [0.717, 1.165) is 59.5 Å². The number of aliphatic hydroxyl groups is 1. The maximum atomic E-state index is 14.0. The predicted octanol–water partition coefficient (Wildman–Crippen LogP) is 5.61. The van der Waals surface area contributed by atoms with Crippen molar-refractivity contribution >= 4 is 38.0 Å². The van der Waals surface area contributed by atoms with Crippen LogP contribution >= 0.6 is 0 Å². The van der Waals surface area contributed by atoms with Crippen molar-refractivity contribution < 1.29 is 22.3 Å². The average Bonchev–Trinajstić information content (AvgIpc) is 3.60. The van der Waals surface area contributed by atoms with E-state index in [9.17, 15) is 22.3 Å². The van der Waals surface area contributed by atoms with E-state index < -0.39 is 27.3 Å². The van der Waals surface area contributed by atoms with Crippen molar-refractivity contribution in [2.24, 2.45) is 5.41 Å². The highest BCUT2D eigenvalue weighted by atomic mass is 32.2. The lowest BCUT2D eigenvalue weighted by molar-refractivity contribution is -0.0220. The van der Waals surface area contributed by atoms with Gasteiger partial charge in [-0.25, -0.2) is 21.9 Å². The molecule has 7 rings (SSSR count). The Morgan fingerprint density at radius 2 is 1.61 bits per heavy atom. The van der Waals surface area contributed by atoms with Crippen LogP contribution in [0.3, 0.4) is 0 Å². The van der Waals surface area contributed by atoms with Crippen molar-refractivity contribution in [3.05, 3.63) is 54.9 Å². The van der Waals surface area contributed by atoms with Crippen LogP contribution in [0, 0.1) is 5.41 Å². The maximum absolute atomic E-state index is 14.0. The van der Waals surface area contributed by atoms with Crippen LogP contribution in [-0.4, -0.2) is 77.0 Å². The third-order valence-electron chi connectivity index (χ3n) is 10.0. The fraction of sp³-hybridized carbons (Fsp3) is 0.485. The first kappa shape index (κ1) is 30.8. The molecule has 244 valence electrons. The minimum Gasteiger partial charge on any atom is -0.395 e. The lowest BCUT2D eigenvalue weighted by Gasteiger charge is -2.35. The predicted molar refractivity (Wildman–Crippen MR) is 175 cm³/mol. The van der Waals surface area contributed by atoms with Gasteiger partial charge in [0, 0.05) is 56.2 Å². The third kappa shape index (κ3) is 5.79. The van der Waals surface area contributed by atoms with Crippen LogP contribution < -0.4 is 14.5 Å². The summed E-state index contributed by atoms with van der Waals surface area (Å²) < 4.78 is 57.1. The van der Waals surface area contributed by atoms with Crippen LogP contribution in [0.5, 0.6) is 0 Å². The summed E-state index contributed by atoms with van der Waals surface area (Å²) in [6.07, 6.45) is 7.84. The van der Waals surface area contributed by atoms with E-state index in [1.165, 1.54) is 26.7 Å². The Hall–Kier alpha value is -3.84. The minimum atomic E-state index is -3.87. The molecule has 13 heteroatoms. The van der Waals surface area contributed by atoms with Crippen molar-refractivity contribution in [1.29, 1.82) is 0 Å². The van der Waals surface area contributed by atoms with Gasteiger partial charge in [0.1, 0.15) is 10.4 Å². The molecule has 2 aliphatic heterocycles. The molecule has 2 aromatic carbocycles. The first-order chi connectivity index (χ1) is 21.9. The van der Waals surface area contributed by atoms with E-state index in [4.69, 9.17) is 0 Å². The summed E-state index contributed by atoms with van der Waals surface area (Å²) in [5.74, 6) is -2.66. The minimum absolute atomic E-state index is 0.203. The first-order valence-corrected chi connectivity index (χ1v) is 17.3. The molecule has 1 aliphatic carbocycles. The number of anilines is 3. The summed E-state index contributed by atoms with van der Waals surface area (Å²) in [7, 11) is -3.87. The quantitative estimate of drug-likeness (QED) is 0.253. The van der Waals surface area contributed by atoms with Gasteiger partial charge in [-0.2, -0.15) is 0 Å². The zero-order chi connectivity index (χ0) is 32.3. The number of piperidine rings is 2. The molecule has 0 unspecified atom stereocenters. The second kappa shape index (κ2) is 11.2. The van der Waals surface area contributed by atoms with Gasteiger partial charge in [0.25, 0.3) is 5.92 Å². The van der Waals surface area contributed by atoms with E-state index >= 15 is 0 Å². The molecule has 4 aromatic rings. The van der Waals surface area contributed by atoms with Gasteiger partial charge in [-0.3, -0.25) is 9.71 Å². The smallest absolute Gasteiger partial charge is 0.251 e. The standard InChI is InChI=1S/C33H39F2N7O3S/c1-31(2,22-43)46(44,45)38-25-5-6-27(28(20-25)40-14-9-32(7-8-32)10-15-40)42-21-26(37-39-42)24-18-23-4-3-13-36-30(23)29(19-24)41-16-11-33(34,35)12-17-41/h3-6,13,18-21,38,43H,7-12,14-17,22H2,1-2H3. The van der Waals surface area contributed by atoms with Crippen molar-refractivity contribution in [3.8, 4) is 16.9 Å². The monoisotopic (exact) mass is 651 g/mol. The number of aliphatic hydroxyl groups excluding tert-OH is 1. The van der Waals surface area contributed by atoms with Gasteiger partial charge in [-0.05, 0) is 81.3 Å². The first-order valence-electron chi connectivity index (χ1n) is 15.8. The van der Waals surface area contributed by atoms with Crippen LogP contribution in [0.25, 0.3) is 27.8 Å². The molecule has 0 radical (unpaired) electrons. The number of nitrogens with zero attached hydrogens (tertiary/aromatic N) is 6. The molecule has 46 heavy (non-hydrogen) atoms. The topological polar surface area (TPSA) is 116 Å². The van der Waals surface area contributed by atoms with Gasteiger partial charge >= 0.3 is 0 Å². The number of aromatic nitrogens is 4. The molecule has 0 amide bonds. The van der Waals surface area contributed by atoms with E-state index in [1.54, 1.807) is 16.9 Å². The Labute approximate surface area is 267 Å². The average molecular weight is 652 g/mol. The number of hydrogen-bond donors (Lipinski definition) is 2. The highest BCUT2D eigenvalue weighted by Crippen LogP contribution is 2.54. The lowest BCUT2D eigenvalue weighted by atomic mass is 9.93. The largest absolute Gasteiger partial charge is 0.395 e. The molecule has 3 fully saturated rings. The fourth-order valence-corrected chi connectivity index (χ4v) is 7.35. The number of sulfonamides is 1. The van der Waals surface area contributed by atoms with Gasteiger partial charge in [0.2, 0.25) is 10.0 Å². The third-order valence-corrected chi connectivity index (χ3v) is 12.1. The van der Waals surface area contributed by atoms with Crippen LogP contribution in [0.15, 0.2) is 54.9 Å². The molecule has 1 saturated carbocycles. The summed E-state index contributed by atoms with van der Waals surface area (Å²) in [6, 6.07) is 13.1. The molecule has 4 heterocycles. The SMILES string of the molecule is CC(C)(CO)S(=O)(=O)Nc1ccc(-n2cc(-c3cc(N4CCC(F)(F)CC4)c4ncccc4c3)nn2)c(N2CCC3(CC2)CC3)c1. The number of nitrogens with one attached hydrogen (secondary N) is 1. The van der Waals surface area contributed by atoms with Gasteiger partial charge < -0.3 is 14.9 Å². The molecule has 2 N–H and O–H groups in total. The Balaban J connectivity index is 1.24. The van der Waals surface area contributed by atoms with Crippen LogP contribution in [0.1, 0.15) is 52.4 Å². The highest BCUT2D eigenvalue weighted by Gasteiger charge is 2.45. The summed E-state index contributed by atoms with van der Waals surface area (Å²) >= 11 is 0. The van der Waals surface area contributed by atoms with Gasteiger partial charge in [-0.15, -0.1) is 5.10 Å². The van der Waals surface area contributed by atoms with Gasteiger partial charge in [0.15, 0.2) is 0 Å². The summed E-state index contributed by atoms with van der Waals surface area (Å²) in [6.45, 7) is 4.62. The maximum Gasteiger partial charge on any atom is 0.251 e. The number of halogens is 2.